The highest BCUT2D eigenvalue weighted by atomic mass is 16.7. The largest absolute Gasteiger partial charge is 0.351 e. The zero-order valence-corrected chi connectivity index (χ0v) is 9.33. The van der Waals surface area contributed by atoms with Crippen molar-refractivity contribution in [1.29, 1.82) is 0 Å². The van der Waals surface area contributed by atoms with Gasteiger partial charge in [-0.2, -0.15) is 0 Å². The summed E-state index contributed by atoms with van der Waals surface area (Å²) in [5, 5.41) is 1.94. The summed E-state index contributed by atoms with van der Waals surface area (Å²) in [5.74, 6) is -2.10. The number of carbonyl (C=O) groups is 2. The Balaban J connectivity index is 4.59. The Bertz CT molecular complexity index is 226. The monoisotopic (exact) mass is 218 g/mol. The third-order valence-corrected chi connectivity index (χ3v) is 2.10. The predicted molar refractivity (Wildman–Crippen MR) is 54.0 cm³/mol. The molecular weight excluding hydrogens is 200 g/mol. The van der Waals surface area contributed by atoms with Crippen molar-refractivity contribution < 1.29 is 19.1 Å². The van der Waals surface area contributed by atoms with Gasteiger partial charge in [0.1, 0.15) is 0 Å². The second kappa shape index (κ2) is 6.36. The zero-order valence-electron chi connectivity index (χ0n) is 9.33. The molecule has 0 rings (SSSR count). The number of urea groups is 1. The molecule has 3 amide bonds. The number of hydrogen-bond acceptors (Lipinski definition) is 4. The highest BCUT2D eigenvalue weighted by molar-refractivity contribution is 5.97. The summed E-state index contributed by atoms with van der Waals surface area (Å²) in [6, 6.07) is -0.921. The molecule has 0 aliphatic carbocycles. The van der Waals surface area contributed by atoms with Gasteiger partial charge in [-0.1, -0.05) is 13.3 Å². The molecule has 0 radical (unpaired) electrons. The van der Waals surface area contributed by atoms with Crippen LogP contribution in [0.1, 0.15) is 26.2 Å². The van der Waals surface area contributed by atoms with E-state index in [1.54, 1.807) is 0 Å². The summed E-state index contributed by atoms with van der Waals surface area (Å²) in [4.78, 5) is 22.1. The van der Waals surface area contributed by atoms with Gasteiger partial charge in [-0.25, -0.2) is 4.79 Å². The lowest BCUT2D eigenvalue weighted by molar-refractivity contribution is -0.211. The van der Waals surface area contributed by atoms with E-state index in [2.05, 4.69) is 0 Å². The van der Waals surface area contributed by atoms with Crippen LogP contribution in [0.15, 0.2) is 0 Å². The van der Waals surface area contributed by atoms with Crippen LogP contribution in [-0.4, -0.2) is 31.9 Å². The molecule has 0 aliphatic heterocycles. The summed E-state index contributed by atoms with van der Waals surface area (Å²) in [6.45, 7) is 1.97. The molecule has 0 bridgehead atoms. The zero-order chi connectivity index (χ0) is 11.9. The van der Waals surface area contributed by atoms with Gasteiger partial charge < -0.3 is 15.2 Å². The molecular formula is C9H18N2O4. The van der Waals surface area contributed by atoms with Crippen LogP contribution < -0.4 is 11.1 Å². The standard InChI is InChI=1S/C9H18N2O4/c1-4-5-6-9(14-2,15-3)7(12)11-8(10)13/h4-6H2,1-3H3,(H3,10,11,12,13). The summed E-state index contributed by atoms with van der Waals surface area (Å²) in [7, 11) is 2.69. The van der Waals surface area contributed by atoms with Crippen molar-refractivity contribution >= 4 is 11.9 Å². The fraction of sp³-hybridized carbons (Fsp3) is 0.778. The summed E-state index contributed by atoms with van der Waals surface area (Å²) in [5.41, 5.74) is 4.85. The molecule has 0 heterocycles. The van der Waals surface area contributed by atoms with Gasteiger partial charge in [0.15, 0.2) is 0 Å². The Kier molecular flexibility index (Phi) is 5.88. The maximum atomic E-state index is 11.6. The fourth-order valence-corrected chi connectivity index (χ4v) is 1.20. The molecule has 15 heavy (non-hydrogen) atoms. The van der Waals surface area contributed by atoms with E-state index < -0.39 is 17.7 Å². The molecule has 0 fully saturated rings. The first kappa shape index (κ1) is 13.9. The van der Waals surface area contributed by atoms with E-state index in [4.69, 9.17) is 15.2 Å². The molecule has 6 heteroatoms. The van der Waals surface area contributed by atoms with Crippen LogP contribution in [0.25, 0.3) is 0 Å². The topological polar surface area (TPSA) is 90.7 Å². The van der Waals surface area contributed by atoms with Gasteiger partial charge in [0, 0.05) is 20.6 Å². The van der Waals surface area contributed by atoms with Crippen molar-refractivity contribution in [3.63, 3.8) is 0 Å². The van der Waals surface area contributed by atoms with Gasteiger partial charge in [0.25, 0.3) is 5.91 Å². The van der Waals surface area contributed by atoms with Crippen molar-refractivity contribution in [3.05, 3.63) is 0 Å². The fourth-order valence-electron chi connectivity index (χ4n) is 1.20. The molecule has 0 aliphatic rings. The average Bonchev–Trinajstić information content (AvgIpc) is 2.19. The minimum atomic E-state index is -1.43. The van der Waals surface area contributed by atoms with Crippen molar-refractivity contribution in [3.8, 4) is 0 Å². The van der Waals surface area contributed by atoms with Crippen LogP contribution in [0, 0.1) is 0 Å². The van der Waals surface area contributed by atoms with Gasteiger partial charge in [0.2, 0.25) is 5.79 Å². The minimum Gasteiger partial charge on any atom is -0.351 e. The number of amides is 3. The molecule has 6 nitrogen and oxygen atoms in total. The SMILES string of the molecule is CCCCC(OC)(OC)C(=O)NC(N)=O. The van der Waals surface area contributed by atoms with E-state index in [9.17, 15) is 9.59 Å². The lowest BCUT2D eigenvalue weighted by Gasteiger charge is -2.28. The molecule has 0 saturated heterocycles. The first-order valence-corrected chi connectivity index (χ1v) is 4.73. The molecule has 0 aromatic carbocycles. The second-order valence-electron chi connectivity index (χ2n) is 3.08. The Morgan fingerprint density at radius 1 is 1.33 bits per heavy atom. The molecule has 3 N–H and O–H groups in total. The van der Waals surface area contributed by atoms with E-state index in [-0.39, 0.29) is 0 Å². The number of imide groups is 1. The van der Waals surface area contributed by atoms with Crippen LogP contribution in [0.4, 0.5) is 4.79 Å². The first-order chi connectivity index (χ1) is 7.02. The van der Waals surface area contributed by atoms with Crippen molar-refractivity contribution in [1.82, 2.24) is 5.32 Å². The lowest BCUT2D eigenvalue weighted by atomic mass is 10.1. The normalized spacial score (nSPS) is 11.1. The van der Waals surface area contributed by atoms with E-state index in [1.807, 2.05) is 12.2 Å². The molecule has 0 aromatic heterocycles. The van der Waals surface area contributed by atoms with Gasteiger partial charge in [-0.15, -0.1) is 0 Å². The van der Waals surface area contributed by atoms with Gasteiger partial charge in [-0.3, -0.25) is 10.1 Å². The number of rotatable bonds is 6. The smallest absolute Gasteiger partial charge is 0.318 e. The second-order valence-corrected chi connectivity index (χ2v) is 3.08. The van der Waals surface area contributed by atoms with Crippen molar-refractivity contribution in [2.24, 2.45) is 5.73 Å². The van der Waals surface area contributed by atoms with Crippen molar-refractivity contribution in [2.45, 2.75) is 32.0 Å². The summed E-state index contributed by atoms with van der Waals surface area (Å²) < 4.78 is 10.0. The maximum absolute atomic E-state index is 11.6. The summed E-state index contributed by atoms with van der Waals surface area (Å²) >= 11 is 0. The van der Waals surface area contributed by atoms with Crippen LogP contribution in [0.3, 0.4) is 0 Å². The Morgan fingerprint density at radius 2 is 1.87 bits per heavy atom. The highest BCUT2D eigenvalue weighted by Gasteiger charge is 2.38. The third-order valence-electron chi connectivity index (χ3n) is 2.10. The van der Waals surface area contributed by atoms with Crippen LogP contribution in [-0.2, 0) is 14.3 Å². The highest BCUT2D eigenvalue weighted by Crippen LogP contribution is 2.19. The van der Waals surface area contributed by atoms with Gasteiger partial charge >= 0.3 is 6.03 Å². The Hall–Kier alpha value is -1.14. The number of nitrogens with two attached hydrogens (primary N) is 1. The van der Waals surface area contributed by atoms with Gasteiger partial charge in [0.05, 0.1) is 0 Å². The third kappa shape index (κ3) is 3.85. The van der Waals surface area contributed by atoms with E-state index in [0.717, 1.165) is 12.8 Å². The number of ether oxygens (including phenoxy) is 2. The maximum Gasteiger partial charge on any atom is 0.318 e. The molecule has 0 unspecified atom stereocenters. The van der Waals surface area contributed by atoms with Crippen LogP contribution >= 0.6 is 0 Å². The average molecular weight is 218 g/mol. The van der Waals surface area contributed by atoms with E-state index in [0.29, 0.717) is 6.42 Å². The number of hydrogen-bond donors (Lipinski definition) is 2. The Labute approximate surface area is 89.1 Å². The number of nitrogens with one attached hydrogen (secondary N) is 1. The lowest BCUT2D eigenvalue weighted by Crippen LogP contribution is -2.52. The number of primary amides is 1. The number of unbranched alkanes of at least 4 members (excludes halogenated alkanes) is 1. The molecule has 0 aromatic rings. The van der Waals surface area contributed by atoms with E-state index >= 15 is 0 Å². The Morgan fingerprint density at radius 3 is 2.20 bits per heavy atom. The quantitative estimate of drug-likeness (QED) is 0.630. The summed E-state index contributed by atoms with van der Waals surface area (Å²) in [6.07, 6.45) is 2.00. The molecule has 88 valence electrons. The van der Waals surface area contributed by atoms with Crippen molar-refractivity contribution in [2.75, 3.05) is 14.2 Å². The predicted octanol–water partition coefficient (Wildman–Crippen LogP) is 0.361. The first-order valence-electron chi connectivity index (χ1n) is 4.73. The number of carbonyl (C=O) groups excluding carboxylic acids is 2. The van der Waals surface area contributed by atoms with Gasteiger partial charge in [-0.05, 0) is 6.42 Å². The molecule has 0 saturated carbocycles. The van der Waals surface area contributed by atoms with Crippen LogP contribution in [0.5, 0.6) is 0 Å². The molecule has 0 spiro atoms. The molecule has 0 atom stereocenters. The minimum absolute atomic E-state index is 0.371. The number of methoxy groups -OCH3 is 2. The van der Waals surface area contributed by atoms with Crippen LogP contribution in [0.2, 0.25) is 0 Å². The van der Waals surface area contributed by atoms with E-state index in [1.165, 1.54) is 14.2 Å².